The van der Waals surface area contributed by atoms with E-state index in [-0.39, 0.29) is 5.69 Å². The van der Waals surface area contributed by atoms with Crippen LogP contribution >= 0.6 is 0 Å². The Bertz CT molecular complexity index is 1980. The number of carbonyl (C=O) groups is 2. The zero-order valence-electron chi connectivity index (χ0n) is 26.7. The monoisotopic (exact) mass is 689 g/mol. The molecule has 1 atom stereocenters. The van der Waals surface area contributed by atoms with E-state index in [9.17, 15) is 32.3 Å². The summed E-state index contributed by atoms with van der Waals surface area (Å²) in [5.74, 6) is -4.48. The van der Waals surface area contributed by atoms with Gasteiger partial charge in [0, 0.05) is 16.8 Å². The molecule has 4 rings (SSSR count). The summed E-state index contributed by atoms with van der Waals surface area (Å²) in [4.78, 5) is 52.2. The molecule has 0 bridgehead atoms. The quantitative estimate of drug-likeness (QED) is 0.194. The molecule has 0 saturated heterocycles. The minimum Gasteiger partial charge on any atom is -0.479 e. The van der Waals surface area contributed by atoms with Crippen LogP contribution in [0.4, 0.5) is 26.7 Å². The minimum atomic E-state index is -5.02. The zero-order chi connectivity index (χ0) is 36.3. The predicted octanol–water partition coefficient (Wildman–Crippen LogP) is 6.06. The maximum absolute atomic E-state index is 15.9. The Labute approximate surface area is 276 Å². The van der Waals surface area contributed by atoms with Gasteiger partial charge in [-0.25, -0.2) is 23.2 Å². The third kappa shape index (κ3) is 8.52. The van der Waals surface area contributed by atoms with Crippen LogP contribution in [0.2, 0.25) is 0 Å². The van der Waals surface area contributed by atoms with Crippen LogP contribution in [0.25, 0.3) is 11.1 Å². The lowest BCUT2D eigenvalue weighted by atomic mass is 10.0. The molecule has 1 amide bonds. The number of halogens is 5. The number of alkyl carbamates (subject to hydrolysis) is 1. The SMILES string of the molecule is Cc1c(-c2cccc(OCC(=O)O)c2F)c(=O)n(C[C@H](NC(=O)OC(C)(C)C)c2ccccc2)c(=O)n1Cc1c(F)cccc1C(F)(F)F. The Morgan fingerprint density at radius 2 is 1.57 bits per heavy atom. The summed E-state index contributed by atoms with van der Waals surface area (Å²) in [6.45, 7) is 3.43. The summed E-state index contributed by atoms with van der Waals surface area (Å²) < 4.78 is 84.5. The second-order valence-corrected chi connectivity index (χ2v) is 11.9. The van der Waals surface area contributed by atoms with Crippen LogP contribution < -0.4 is 21.3 Å². The average Bonchev–Trinajstić information content (AvgIpc) is 3.00. The molecule has 0 unspecified atom stereocenters. The van der Waals surface area contributed by atoms with E-state index in [4.69, 9.17) is 14.6 Å². The number of rotatable bonds is 10. The highest BCUT2D eigenvalue weighted by molar-refractivity contribution is 5.70. The van der Waals surface area contributed by atoms with Crippen molar-refractivity contribution in [2.24, 2.45) is 0 Å². The van der Waals surface area contributed by atoms with Crippen LogP contribution in [-0.2, 0) is 28.8 Å². The Kier molecular flexibility index (Phi) is 10.6. The topological polar surface area (TPSA) is 129 Å². The highest BCUT2D eigenvalue weighted by Gasteiger charge is 2.35. The molecule has 0 radical (unpaired) electrons. The van der Waals surface area contributed by atoms with Crippen LogP contribution in [0.3, 0.4) is 0 Å². The molecule has 10 nitrogen and oxygen atoms in total. The normalized spacial score (nSPS) is 12.3. The van der Waals surface area contributed by atoms with Gasteiger partial charge in [-0.1, -0.05) is 48.5 Å². The van der Waals surface area contributed by atoms with Crippen LogP contribution in [0.15, 0.2) is 76.3 Å². The van der Waals surface area contributed by atoms with Gasteiger partial charge in [0.05, 0.1) is 30.3 Å². The lowest BCUT2D eigenvalue weighted by Crippen LogP contribution is -2.46. The van der Waals surface area contributed by atoms with Gasteiger partial charge in [-0.05, 0) is 51.5 Å². The van der Waals surface area contributed by atoms with E-state index in [1.165, 1.54) is 13.0 Å². The number of benzene rings is 3. The van der Waals surface area contributed by atoms with Crippen LogP contribution in [0.1, 0.15) is 49.2 Å². The molecule has 0 fully saturated rings. The Hall–Kier alpha value is -5.47. The first-order valence-corrected chi connectivity index (χ1v) is 14.8. The number of aromatic nitrogens is 2. The van der Waals surface area contributed by atoms with Gasteiger partial charge in [-0.3, -0.25) is 13.9 Å². The number of ether oxygens (including phenoxy) is 2. The number of carboxylic acids is 1. The summed E-state index contributed by atoms with van der Waals surface area (Å²) >= 11 is 0. The largest absolute Gasteiger partial charge is 0.479 e. The molecule has 0 saturated carbocycles. The van der Waals surface area contributed by atoms with Crippen molar-refractivity contribution < 1.29 is 46.1 Å². The van der Waals surface area contributed by atoms with Crippen molar-refractivity contribution in [3.63, 3.8) is 0 Å². The second-order valence-electron chi connectivity index (χ2n) is 11.9. The van der Waals surface area contributed by atoms with Crippen LogP contribution in [-0.4, -0.2) is 38.5 Å². The number of carbonyl (C=O) groups excluding carboxylic acids is 1. The zero-order valence-corrected chi connectivity index (χ0v) is 26.7. The van der Waals surface area contributed by atoms with E-state index in [1.54, 1.807) is 51.1 Å². The number of hydrogen-bond acceptors (Lipinski definition) is 6. The molecular formula is C34H32F5N3O7. The lowest BCUT2D eigenvalue weighted by molar-refractivity contribution is -0.139. The first-order valence-electron chi connectivity index (χ1n) is 14.8. The van der Waals surface area contributed by atoms with Gasteiger partial charge >= 0.3 is 23.9 Å². The van der Waals surface area contributed by atoms with Gasteiger partial charge in [-0.15, -0.1) is 0 Å². The van der Waals surface area contributed by atoms with Gasteiger partial charge < -0.3 is 19.9 Å². The maximum Gasteiger partial charge on any atom is 0.416 e. The third-order valence-electron chi connectivity index (χ3n) is 7.27. The molecule has 0 aliphatic rings. The molecular weight excluding hydrogens is 657 g/mol. The van der Waals surface area contributed by atoms with Crippen molar-refractivity contribution >= 4 is 12.1 Å². The molecule has 49 heavy (non-hydrogen) atoms. The van der Waals surface area contributed by atoms with E-state index >= 15 is 8.78 Å². The number of amides is 1. The summed E-state index contributed by atoms with van der Waals surface area (Å²) in [6.07, 6.45) is -5.94. The Balaban J connectivity index is 2.00. The smallest absolute Gasteiger partial charge is 0.416 e. The molecule has 0 spiro atoms. The lowest BCUT2D eigenvalue weighted by Gasteiger charge is -2.25. The molecule has 3 aromatic carbocycles. The van der Waals surface area contributed by atoms with Crippen molar-refractivity contribution in [2.75, 3.05) is 6.61 Å². The third-order valence-corrected chi connectivity index (χ3v) is 7.27. The highest BCUT2D eigenvalue weighted by Crippen LogP contribution is 2.34. The second kappa shape index (κ2) is 14.3. The standard InChI is InChI=1S/C34H32F5N3O7/c1-19-28(21-12-8-15-26(29(21)36)48-18-27(43)44)30(45)42(17-25(20-10-6-5-7-11-20)40-31(46)49-33(2,3)4)32(47)41(19)16-22-23(34(37,38)39)13-9-14-24(22)35/h5-15,25H,16-18H2,1-4H3,(H,40,46)(H,43,44)/t25-/m0/s1. The van der Waals surface area contributed by atoms with Gasteiger partial charge in [0.2, 0.25) is 0 Å². The van der Waals surface area contributed by atoms with Gasteiger partial charge in [0.1, 0.15) is 11.4 Å². The fraction of sp³-hybridized carbons (Fsp3) is 0.294. The number of nitrogens with zero attached hydrogens (tertiary/aromatic N) is 2. The van der Waals surface area contributed by atoms with Crippen LogP contribution in [0.5, 0.6) is 5.75 Å². The molecule has 4 aromatic rings. The van der Waals surface area contributed by atoms with Crippen LogP contribution in [0, 0.1) is 18.6 Å². The molecule has 1 heterocycles. The van der Waals surface area contributed by atoms with E-state index in [0.717, 1.165) is 24.3 Å². The molecule has 2 N–H and O–H groups in total. The Morgan fingerprint density at radius 1 is 0.918 bits per heavy atom. The average molecular weight is 690 g/mol. The van der Waals surface area contributed by atoms with Gasteiger partial charge in [-0.2, -0.15) is 13.2 Å². The summed E-state index contributed by atoms with van der Waals surface area (Å²) in [6, 6.07) is 12.7. The van der Waals surface area contributed by atoms with E-state index in [2.05, 4.69) is 5.32 Å². The summed E-state index contributed by atoms with van der Waals surface area (Å²) in [5, 5.41) is 11.6. The number of carboxylic acid groups (broad SMARTS) is 1. The van der Waals surface area contributed by atoms with Gasteiger partial charge in [0.25, 0.3) is 5.56 Å². The molecule has 0 aliphatic heterocycles. The van der Waals surface area contributed by atoms with Gasteiger partial charge in [0.15, 0.2) is 18.2 Å². The van der Waals surface area contributed by atoms with Crippen molar-refractivity contribution in [1.82, 2.24) is 14.5 Å². The van der Waals surface area contributed by atoms with Crippen molar-refractivity contribution in [3.05, 3.63) is 122 Å². The van der Waals surface area contributed by atoms with E-state index < -0.39 is 100 Å². The first kappa shape index (κ1) is 36.4. The number of aliphatic carboxylic acids is 1. The maximum atomic E-state index is 15.9. The fourth-order valence-corrected chi connectivity index (χ4v) is 5.11. The van der Waals surface area contributed by atoms with Crippen molar-refractivity contribution in [2.45, 2.75) is 58.6 Å². The number of hydrogen-bond donors (Lipinski definition) is 2. The van der Waals surface area contributed by atoms with E-state index in [0.29, 0.717) is 20.8 Å². The number of nitrogens with one attached hydrogen (secondary N) is 1. The fourth-order valence-electron chi connectivity index (χ4n) is 5.11. The molecule has 1 aromatic heterocycles. The van der Waals surface area contributed by atoms with Crippen molar-refractivity contribution in [1.29, 1.82) is 0 Å². The summed E-state index contributed by atoms with van der Waals surface area (Å²) in [7, 11) is 0. The van der Waals surface area contributed by atoms with E-state index in [1.807, 2.05) is 0 Å². The first-order chi connectivity index (χ1) is 22.9. The molecule has 15 heteroatoms. The number of alkyl halides is 3. The summed E-state index contributed by atoms with van der Waals surface area (Å²) in [5.41, 5.74) is -6.43. The molecule has 0 aliphatic carbocycles. The minimum absolute atomic E-state index is 0.326. The van der Waals surface area contributed by atoms with Crippen molar-refractivity contribution in [3.8, 4) is 16.9 Å². The predicted molar refractivity (Wildman–Crippen MR) is 167 cm³/mol. The highest BCUT2D eigenvalue weighted by atomic mass is 19.4. The molecule has 260 valence electrons. The Morgan fingerprint density at radius 3 is 2.18 bits per heavy atom.